The summed E-state index contributed by atoms with van der Waals surface area (Å²) in [6.45, 7) is 7.36. The fourth-order valence-corrected chi connectivity index (χ4v) is 4.39. The van der Waals surface area contributed by atoms with Crippen molar-refractivity contribution >= 4 is 21.4 Å². The summed E-state index contributed by atoms with van der Waals surface area (Å²) in [6, 6.07) is 1.72. The minimum absolute atomic E-state index is 0.0156. The first-order chi connectivity index (χ1) is 8.45. The molecule has 1 atom stereocenters. The molecule has 0 aliphatic rings. The van der Waals surface area contributed by atoms with Gasteiger partial charge in [-0.05, 0) is 31.3 Å². The Morgan fingerprint density at radius 2 is 2.11 bits per heavy atom. The van der Waals surface area contributed by atoms with E-state index < -0.39 is 10.0 Å². The van der Waals surface area contributed by atoms with Crippen LogP contribution in [0, 0.1) is 0 Å². The predicted molar refractivity (Wildman–Crippen MR) is 76.4 cm³/mol. The largest absolute Gasteiger partial charge is 0.312 e. The third kappa shape index (κ3) is 3.32. The van der Waals surface area contributed by atoms with Gasteiger partial charge in [0, 0.05) is 24.5 Å². The maximum absolute atomic E-state index is 12.5. The van der Waals surface area contributed by atoms with Crippen LogP contribution in [-0.4, -0.2) is 32.4 Å². The Balaban J connectivity index is 3.01. The maximum atomic E-state index is 12.5. The lowest BCUT2D eigenvalue weighted by Gasteiger charge is -2.23. The topological polar surface area (TPSA) is 49.4 Å². The number of hydrogen-bond donors (Lipinski definition) is 1. The highest BCUT2D eigenvalue weighted by atomic mass is 32.2. The van der Waals surface area contributed by atoms with Crippen LogP contribution in [0.2, 0.25) is 0 Å². The smallest absolute Gasteiger partial charge is 0.244 e. The van der Waals surface area contributed by atoms with Crippen LogP contribution in [0.3, 0.4) is 0 Å². The molecule has 1 aromatic rings. The SMILES string of the molecule is CCNCc1sccc1S(=O)(=O)N(C)C(C)CC. The van der Waals surface area contributed by atoms with E-state index in [1.165, 1.54) is 15.6 Å². The second-order valence-electron chi connectivity index (χ2n) is 4.27. The van der Waals surface area contributed by atoms with Gasteiger partial charge in [-0.25, -0.2) is 8.42 Å². The number of nitrogens with zero attached hydrogens (tertiary/aromatic N) is 1. The first kappa shape index (κ1) is 15.6. The number of nitrogens with one attached hydrogen (secondary N) is 1. The molecule has 104 valence electrons. The summed E-state index contributed by atoms with van der Waals surface area (Å²) >= 11 is 1.48. The van der Waals surface area contributed by atoms with E-state index in [1.807, 2.05) is 26.2 Å². The zero-order valence-corrected chi connectivity index (χ0v) is 13.1. The van der Waals surface area contributed by atoms with Crippen molar-refractivity contribution in [3.8, 4) is 0 Å². The number of thiophene rings is 1. The van der Waals surface area contributed by atoms with Crippen LogP contribution in [0.5, 0.6) is 0 Å². The van der Waals surface area contributed by atoms with Crippen LogP contribution >= 0.6 is 11.3 Å². The molecule has 1 heterocycles. The van der Waals surface area contributed by atoms with Gasteiger partial charge in [-0.3, -0.25) is 0 Å². The van der Waals surface area contributed by atoms with Gasteiger partial charge in [0.15, 0.2) is 0 Å². The van der Waals surface area contributed by atoms with Crippen molar-refractivity contribution in [1.29, 1.82) is 0 Å². The lowest BCUT2D eigenvalue weighted by atomic mass is 10.3. The Labute approximate surface area is 114 Å². The summed E-state index contributed by atoms with van der Waals surface area (Å²) in [4.78, 5) is 1.32. The third-order valence-corrected chi connectivity index (χ3v) is 6.22. The van der Waals surface area contributed by atoms with Crippen LogP contribution in [0.1, 0.15) is 32.1 Å². The predicted octanol–water partition coefficient (Wildman–Crippen LogP) is 2.28. The lowest BCUT2D eigenvalue weighted by molar-refractivity contribution is 0.380. The van der Waals surface area contributed by atoms with Crippen LogP contribution in [0.15, 0.2) is 16.3 Å². The van der Waals surface area contributed by atoms with Crippen molar-refractivity contribution in [3.63, 3.8) is 0 Å². The average Bonchev–Trinajstić information content (AvgIpc) is 2.83. The molecule has 0 saturated heterocycles. The van der Waals surface area contributed by atoms with Gasteiger partial charge in [-0.1, -0.05) is 13.8 Å². The monoisotopic (exact) mass is 290 g/mol. The second-order valence-corrected chi connectivity index (χ2v) is 7.23. The van der Waals surface area contributed by atoms with Crippen molar-refractivity contribution in [2.45, 2.75) is 44.7 Å². The van der Waals surface area contributed by atoms with Gasteiger partial charge >= 0.3 is 0 Å². The summed E-state index contributed by atoms with van der Waals surface area (Å²) in [5.74, 6) is 0. The van der Waals surface area contributed by atoms with Crippen LogP contribution in [0.4, 0.5) is 0 Å². The van der Waals surface area contributed by atoms with Crippen LogP contribution in [0.25, 0.3) is 0 Å². The first-order valence-electron chi connectivity index (χ1n) is 6.20. The molecular formula is C12H22N2O2S2. The highest BCUT2D eigenvalue weighted by Crippen LogP contribution is 2.26. The molecule has 6 heteroatoms. The molecule has 0 radical (unpaired) electrons. The quantitative estimate of drug-likeness (QED) is 0.838. The Bertz CT molecular complexity index is 468. The van der Waals surface area contributed by atoms with Crippen molar-refractivity contribution in [2.75, 3.05) is 13.6 Å². The molecule has 0 fully saturated rings. The van der Waals surface area contributed by atoms with Crippen LogP contribution < -0.4 is 5.32 Å². The van der Waals surface area contributed by atoms with Crippen molar-refractivity contribution < 1.29 is 8.42 Å². The third-order valence-electron chi connectivity index (χ3n) is 3.11. The molecular weight excluding hydrogens is 268 g/mol. The molecule has 4 nitrogen and oxygen atoms in total. The minimum atomic E-state index is -3.36. The fourth-order valence-electron chi connectivity index (χ4n) is 1.58. The highest BCUT2D eigenvalue weighted by Gasteiger charge is 2.27. The zero-order chi connectivity index (χ0) is 13.8. The van der Waals surface area contributed by atoms with E-state index in [9.17, 15) is 8.42 Å². The number of rotatable bonds is 7. The summed E-state index contributed by atoms with van der Waals surface area (Å²) in [5, 5.41) is 5.01. The van der Waals surface area contributed by atoms with E-state index in [-0.39, 0.29) is 6.04 Å². The molecule has 0 aromatic carbocycles. The number of sulfonamides is 1. The summed E-state index contributed by atoms with van der Waals surface area (Å²) in [5.41, 5.74) is 0. The van der Waals surface area contributed by atoms with Gasteiger partial charge in [0.05, 0.1) is 4.90 Å². The lowest BCUT2D eigenvalue weighted by Crippen LogP contribution is -2.35. The van der Waals surface area contributed by atoms with E-state index in [0.29, 0.717) is 11.4 Å². The standard InChI is InChI=1S/C12H22N2O2S2/c1-5-10(3)14(4)18(15,16)12-7-8-17-11(12)9-13-6-2/h7-8,10,13H,5-6,9H2,1-4H3. The van der Waals surface area contributed by atoms with E-state index in [2.05, 4.69) is 5.32 Å². The Kier molecular flexibility index (Phi) is 5.78. The van der Waals surface area contributed by atoms with Crippen molar-refractivity contribution in [3.05, 3.63) is 16.3 Å². The van der Waals surface area contributed by atoms with Gasteiger partial charge in [-0.2, -0.15) is 4.31 Å². The van der Waals surface area contributed by atoms with Crippen molar-refractivity contribution in [1.82, 2.24) is 9.62 Å². The molecule has 1 unspecified atom stereocenters. The van der Waals surface area contributed by atoms with E-state index in [1.54, 1.807) is 13.1 Å². The summed E-state index contributed by atoms with van der Waals surface area (Å²) < 4.78 is 26.4. The molecule has 1 rings (SSSR count). The van der Waals surface area contributed by atoms with Crippen LogP contribution in [-0.2, 0) is 16.6 Å². The van der Waals surface area contributed by atoms with Gasteiger partial charge < -0.3 is 5.32 Å². The van der Waals surface area contributed by atoms with Gasteiger partial charge in [-0.15, -0.1) is 11.3 Å². The Hall–Kier alpha value is -0.430. The Morgan fingerprint density at radius 3 is 2.67 bits per heavy atom. The molecule has 0 aliphatic carbocycles. The summed E-state index contributed by atoms with van der Waals surface area (Å²) in [7, 11) is -1.71. The molecule has 0 aliphatic heterocycles. The molecule has 1 N–H and O–H groups in total. The molecule has 0 spiro atoms. The van der Waals surface area contributed by atoms with Gasteiger partial charge in [0.1, 0.15) is 0 Å². The maximum Gasteiger partial charge on any atom is 0.244 e. The highest BCUT2D eigenvalue weighted by molar-refractivity contribution is 7.89. The number of hydrogen-bond acceptors (Lipinski definition) is 4. The zero-order valence-electron chi connectivity index (χ0n) is 11.4. The molecule has 0 bridgehead atoms. The van der Waals surface area contributed by atoms with E-state index >= 15 is 0 Å². The second kappa shape index (κ2) is 6.65. The molecule has 18 heavy (non-hydrogen) atoms. The fraction of sp³-hybridized carbons (Fsp3) is 0.667. The average molecular weight is 290 g/mol. The molecule has 0 amide bonds. The summed E-state index contributed by atoms with van der Waals surface area (Å²) in [6.07, 6.45) is 0.808. The van der Waals surface area contributed by atoms with Gasteiger partial charge in [0.2, 0.25) is 10.0 Å². The molecule has 0 saturated carbocycles. The minimum Gasteiger partial charge on any atom is -0.312 e. The van der Waals surface area contributed by atoms with Gasteiger partial charge in [0.25, 0.3) is 0 Å². The Morgan fingerprint density at radius 1 is 1.44 bits per heavy atom. The van der Waals surface area contributed by atoms with E-state index in [0.717, 1.165) is 17.8 Å². The van der Waals surface area contributed by atoms with E-state index in [4.69, 9.17) is 0 Å². The first-order valence-corrected chi connectivity index (χ1v) is 8.52. The van der Waals surface area contributed by atoms with Crippen molar-refractivity contribution in [2.24, 2.45) is 0 Å². The molecule has 1 aromatic heterocycles. The normalized spacial score (nSPS) is 14.1.